The van der Waals surface area contributed by atoms with Crippen molar-refractivity contribution >= 4 is 11.6 Å². The Morgan fingerprint density at radius 2 is 1.87 bits per heavy atom. The largest absolute Gasteiger partial charge is 0.399 e. The third kappa shape index (κ3) is 4.64. The first-order valence-electron chi connectivity index (χ1n) is 10.1. The van der Waals surface area contributed by atoms with Gasteiger partial charge in [-0.25, -0.2) is 0 Å². The van der Waals surface area contributed by atoms with Gasteiger partial charge < -0.3 is 19.0 Å². The van der Waals surface area contributed by atoms with E-state index in [0.29, 0.717) is 43.3 Å². The van der Waals surface area contributed by atoms with E-state index in [1.807, 2.05) is 54.6 Å². The van der Waals surface area contributed by atoms with E-state index in [2.05, 4.69) is 15.3 Å². The Balaban J connectivity index is 1.57. The molecule has 1 amide bonds. The molecule has 3 aromatic rings. The third-order valence-electron chi connectivity index (χ3n) is 5.18. The summed E-state index contributed by atoms with van der Waals surface area (Å²) in [4.78, 5) is 24.4. The van der Waals surface area contributed by atoms with Gasteiger partial charge >= 0.3 is 0 Å². The van der Waals surface area contributed by atoms with Crippen LogP contribution in [0.1, 0.15) is 34.5 Å². The summed E-state index contributed by atoms with van der Waals surface area (Å²) < 4.78 is 10.4. The van der Waals surface area contributed by atoms with Crippen LogP contribution >= 0.6 is 0 Å². The van der Waals surface area contributed by atoms with Crippen LogP contribution < -0.4 is 0 Å². The highest BCUT2D eigenvalue weighted by atomic mass is 16.6. The molecular weight excluding hydrogens is 396 g/mol. The number of rotatable bonds is 7. The molecule has 0 aliphatic carbocycles. The van der Waals surface area contributed by atoms with Crippen LogP contribution in [0, 0.1) is 0 Å². The molecule has 0 bridgehead atoms. The van der Waals surface area contributed by atoms with Gasteiger partial charge in [0.05, 0.1) is 25.3 Å². The Labute approximate surface area is 180 Å². The van der Waals surface area contributed by atoms with E-state index >= 15 is 0 Å². The normalized spacial score (nSPS) is 17.3. The van der Waals surface area contributed by atoms with Gasteiger partial charge in [-0.05, 0) is 23.3 Å². The molecule has 8 heteroatoms. The van der Waals surface area contributed by atoms with Gasteiger partial charge in [-0.3, -0.25) is 4.79 Å². The lowest BCUT2D eigenvalue weighted by Crippen LogP contribution is -2.31. The maximum absolute atomic E-state index is 13.3. The number of hydrogen-bond donors (Lipinski definition) is 0. The van der Waals surface area contributed by atoms with Crippen LogP contribution in [0.3, 0.4) is 0 Å². The molecule has 160 valence electrons. The van der Waals surface area contributed by atoms with Gasteiger partial charge in [0.15, 0.2) is 5.82 Å². The number of carbonyl (C=O) groups excluding carboxylic acids is 1. The predicted molar refractivity (Wildman–Crippen MR) is 115 cm³/mol. The Kier molecular flexibility index (Phi) is 6.37. The van der Waals surface area contributed by atoms with E-state index in [1.165, 1.54) is 7.11 Å². The summed E-state index contributed by atoms with van der Waals surface area (Å²) in [5.74, 6) is 0.824. The van der Waals surface area contributed by atoms with Gasteiger partial charge in [-0.1, -0.05) is 52.8 Å². The van der Waals surface area contributed by atoms with Crippen LogP contribution in [0.15, 0.2) is 64.3 Å². The first-order valence-corrected chi connectivity index (χ1v) is 10.1. The minimum atomic E-state index is -0.366. The molecule has 0 radical (unpaired) electrons. The predicted octanol–water partition coefficient (Wildman–Crippen LogP) is 3.52. The van der Waals surface area contributed by atoms with Gasteiger partial charge in [0.25, 0.3) is 5.91 Å². The number of hydrogen-bond acceptors (Lipinski definition) is 7. The van der Waals surface area contributed by atoms with Crippen molar-refractivity contribution in [2.24, 2.45) is 5.16 Å². The van der Waals surface area contributed by atoms with E-state index in [-0.39, 0.29) is 11.9 Å². The van der Waals surface area contributed by atoms with E-state index in [9.17, 15) is 4.79 Å². The van der Waals surface area contributed by atoms with Crippen molar-refractivity contribution in [2.75, 3.05) is 27.4 Å². The molecule has 4 rings (SSSR count). The highest BCUT2D eigenvalue weighted by Crippen LogP contribution is 2.31. The number of ether oxygens (including phenoxy) is 1. The zero-order valence-electron chi connectivity index (χ0n) is 17.5. The lowest BCUT2D eigenvalue weighted by atomic mass is 10.0. The molecule has 0 N–H and O–H groups in total. The van der Waals surface area contributed by atoms with Gasteiger partial charge in [0.1, 0.15) is 13.2 Å². The van der Waals surface area contributed by atoms with Crippen molar-refractivity contribution in [1.29, 1.82) is 0 Å². The van der Waals surface area contributed by atoms with Crippen LogP contribution in [0.25, 0.3) is 11.1 Å². The van der Waals surface area contributed by atoms with E-state index in [1.54, 1.807) is 12.0 Å². The molecule has 1 aliphatic rings. The molecular formula is C23H24N4O4. The molecule has 2 aromatic carbocycles. The number of amides is 1. The first-order chi connectivity index (χ1) is 15.2. The number of benzene rings is 2. The highest BCUT2D eigenvalue weighted by Gasteiger charge is 2.37. The number of aromatic nitrogens is 2. The second-order valence-electron chi connectivity index (χ2n) is 7.23. The van der Waals surface area contributed by atoms with Crippen LogP contribution in [-0.2, 0) is 16.0 Å². The smallest absolute Gasteiger partial charge is 0.254 e. The van der Waals surface area contributed by atoms with E-state index in [0.717, 1.165) is 16.8 Å². The molecule has 8 nitrogen and oxygen atoms in total. The number of nitrogens with zero attached hydrogens (tertiary/aromatic N) is 4. The van der Waals surface area contributed by atoms with Crippen molar-refractivity contribution in [3.05, 3.63) is 71.9 Å². The minimum absolute atomic E-state index is 0.117. The number of oxime groups is 1. The van der Waals surface area contributed by atoms with Crippen molar-refractivity contribution < 1.29 is 18.9 Å². The van der Waals surface area contributed by atoms with Crippen molar-refractivity contribution in [3.8, 4) is 11.1 Å². The van der Waals surface area contributed by atoms with Gasteiger partial charge in [0.2, 0.25) is 5.89 Å². The van der Waals surface area contributed by atoms with Crippen LogP contribution in [0.2, 0.25) is 0 Å². The lowest BCUT2D eigenvalue weighted by molar-refractivity contribution is 0.0732. The number of methoxy groups -OCH3 is 1. The van der Waals surface area contributed by atoms with Gasteiger partial charge in [-0.15, -0.1) is 0 Å². The summed E-state index contributed by atoms with van der Waals surface area (Å²) in [6.07, 6.45) is 1.01. The molecule has 1 fully saturated rings. The quantitative estimate of drug-likeness (QED) is 0.543. The molecule has 31 heavy (non-hydrogen) atoms. The molecule has 1 unspecified atom stereocenters. The highest BCUT2D eigenvalue weighted by molar-refractivity contribution is 6.00. The maximum atomic E-state index is 13.3. The van der Waals surface area contributed by atoms with Crippen molar-refractivity contribution in [1.82, 2.24) is 15.0 Å². The van der Waals surface area contributed by atoms with E-state index in [4.69, 9.17) is 14.1 Å². The summed E-state index contributed by atoms with van der Waals surface area (Å²) in [5, 5.41) is 8.15. The van der Waals surface area contributed by atoms with Crippen molar-refractivity contribution in [2.45, 2.75) is 18.9 Å². The fraction of sp³-hybridized carbons (Fsp3) is 0.304. The van der Waals surface area contributed by atoms with Crippen LogP contribution in [0.4, 0.5) is 0 Å². The van der Waals surface area contributed by atoms with Gasteiger partial charge in [-0.2, -0.15) is 4.98 Å². The summed E-state index contributed by atoms with van der Waals surface area (Å²) in [5.41, 5.74) is 3.50. The average molecular weight is 420 g/mol. The van der Waals surface area contributed by atoms with Crippen LogP contribution in [0.5, 0.6) is 0 Å². The number of carbonyl (C=O) groups is 1. The van der Waals surface area contributed by atoms with Crippen molar-refractivity contribution in [3.63, 3.8) is 0 Å². The first kappa shape index (κ1) is 20.7. The summed E-state index contributed by atoms with van der Waals surface area (Å²) in [7, 11) is 3.11. The Morgan fingerprint density at radius 1 is 1.13 bits per heavy atom. The maximum Gasteiger partial charge on any atom is 0.254 e. The fourth-order valence-electron chi connectivity index (χ4n) is 3.64. The molecule has 0 saturated carbocycles. The second-order valence-corrected chi connectivity index (χ2v) is 7.23. The Bertz CT molecular complexity index is 1050. The topological polar surface area (TPSA) is 90.1 Å². The van der Waals surface area contributed by atoms with E-state index < -0.39 is 0 Å². The molecule has 1 aromatic heterocycles. The fourth-order valence-corrected chi connectivity index (χ4v) is 3.64. The standard InChI is InChI=1S/C23H24N4O4/c1-29-13-12-21-24-22(26-31-21)20-14-19(25-30-2)15-27(20)23(28)18-10-8-17(9-11-18)16-6-4-3-5-7-16/h3-11,20H,12-15H2,1-2H3. The molecule has 0 spiro atoms. The monoisotopic (exact) mass is 420 g/mol. The average Bonchev–Trinajstić information content (AvgIpc) is 3.45. The van der Waals surface area contributed by atoms with Gasteiger partial charge in [0, 0.05) is 19.1 Å². The second kappa shape index (κ2) is 9.53. The zero-order chi connectivity index (χ0) is 21.6. The molecule has 1 aliphatic heterocycles. The zero-order valence-corrected chi connectivity index (χ0v) is 17.5. The minimum Gasteiger partial charge on any atom is -0.399 e. The SMILES string of the molecule is COCCc1nc(C2CC(=NOC)CN2C(=O)c2ccc(-c3ccccc3)cc2)no1. The third-order valence-corrected chi connectivity index (χ3v) is 5.18. The summed E-state index contributed by atoms with van der Waals surface area (Å²) >= 11 is 0. The molecule has 1 atom stereocenters. The molecule has 2 heterocycles. The molecule has 1 saturated heterocycles. The Hall–Kier alpha value is -3.52. The number of likely N-dealkylation sites (tertiary alicyclic amines) is 1. The lowest BCUT2D eigenvalue weighted by Gasteiger charge is -2.21. The summed E-state index contributed by atoms with van der Waals surface area (Å²) in [6.45, 7) is 0.832. The Morgan fingerprint density at radius 3 is 2.58 bits per heavy atom. The summed E-state index contributed by atoms with van der Waals surface area (Å²) in [6, 6.07) is 17.3. The van der Waals surface area contributed by atoms with Crippen LogP contribution in [-0.4, -0.2) is 54.0 Å².